The van der Waals surface area contributed by atoms with Gasteiger partial charge < -0.3 is 10.6 Å². The monoisotopic (exact) mass is 242 g/mol. The summed E-state index contributed by atoms with van der Waals surface area (Å²) < 4.78 is 0. The lowest BCUT2D eigenvalue weighted by atomic mass is 10.1. The Balaban J connectivity index is 1.83. The molecule has 18 heavy (non-hydrogen) atoms. The van der Waals surface area contributed by atoms with E-state index in [4.69, 9.17) is 5.26 Å². The molecule has 1 aliphatic rings. The molecule has 94 valence electrons. The van der Waals surface area contributed by atoms with Crippen LogP contribution in [-0.4, -0.2) is 19.0 Å². The molecule has 1 fully saturated rings. The highest BCUT2D eigenvalue weighted by atomic mass is 15.2. The van der Waals surface area contributed by atoms with Gasteiger partial charge in [-0.2, -0.15) is 5.26 Å². The van der Waals surface area contributed by atoms with Crippen molar-refractivity contribution in [2.45, 2.75) is 25.9 Å². The van der Waals surface area contributed by atoms with Crippen LogP contribution < -0.4 is 10.6 Å². The molecule has 2 unspecified atom stereocenters. The molecule has 0 amide bonds. The predicted octanol–water partition coefficient (Wildman–Crippen LogP) is 1.63. The normalized spacial score (nSPS) is 22.2. The van der Waals surface area contributed by atoms with Crippen molar-refractivity contribution in [3.63, 3.8) is 0 Å². The van der Waals surface area contributed by atoms with Crippen molar-refractivity contribution in [2.75, 3.05) is 7.05 Å². The third-order valence-corrected chi connectivity index (χ3v) is 3.20. The van der Waals surface area contributed by atoms with E-state index < -0.39 is 0 Å². The fourth-order valence-electron chi connectivity index (χ4n) is 1.78. The molecule has 0 radical (unpaired) electrons. The summed E-state index contributed by atoms with van der Waals surface area (Å²) in [6.07, 6.45) is 1.22. The second-order valence-electron chi connectivity index (χ2n) is 4.70. The van der Waals surface area contributed by atoms with Crippen LogP contribution in [0.25, 0.3) is 0 Å². The highest BCUT2D eigenvalue weighted by Crippen LogP contribution is 2.28. The molecule has 4 heteroatoms. The molecule has 2 rings (SSSR count). The van der Waals surface area contributed by atoms with E-state index in [9.17, 15) is 0 Å². The molecule has 2 N–H and O–H groups in total. The highest BCUT2D eigenvalue weighted by molar-refractivity contribution is 5.80. The fourth-order valence-corrected chi connectivity index (χ4v) is 1.78. The van der Waals surface area contributed by atoms with E-state index in [1.54, 1.807) is 7.05 Å². The zero-order valence-corrected chi connectivity index (χ0v) is 10.8. The first-order valence-electron chi connectivity index (χ1n) is 6.19. The number of hydrogen-bond donors (Lipinski definition) is 2. The number of hydrogen-bond acceptors (Lipinski definition) is 2. The largest absolute Gasteiger partial charge is 0.353 e. The van der Waals surface area contributed by atoms with Gasteiger partial charge in [0, 0.05) is 19.6 Å². The molecule has 0 saturated heterocycles. The van der Waals surface area contributed by atoms with Gasteiger partial charge in [0.1, 0.15) is 0 Å². The molecule has 0 aliphatic heterocycles. The van der Waals surface area contributed by atoms with Crippen molar-refractivity contribution in [3.8, 4) is 6.07 Å². The van der Waals surface area contributed by atoms with Crippen molar-refractivity contribution in [1.29, 1.82) is 5.26 Å². The van der Waals surface area contributed by atoms with Gasteiger partial charge in [0.2, 0.25) is 0 Å². The Hall–Kier alpha value is -2.02. The van der Waals surface area contributed by atoms with Crippen molar-refractivity contribution in [2.24, 2.45) is 10.9 Å². The third-order valence-electron chi connectivity index (χ3n) is 3.20. The number of nitrogens with one attached hydrogen (secondary N) is 2. The molecule has 1 aliphatic carbocycles. The van der Waals surface area contributed by atoms with Crippen LogP contribution in [0, 0.1) is 17.2 Å². The summed E-state index contributed by atoms with van der Waals surface area (Å²) in [5, 5.41) is 15.4. The van der Waals surface area contributed by atoms with Gasteiger partial charge in [-0.25, -0.2) is 0 Å². The molecule has 1 aromatic rings. The SMILES string of the molecule is CN=C(NCc1ccc(C#N)cc1)NC1CC1C. The van der Waals surface area contributed by atoms with Gasteiger partial charge in [0.05, 0.1) is 11.6 Å². The van der Waals surface area contributed by atoms with Crippen LogP contribution in [0.1, 0.15) is 24.5 Å². The van der Waals surface area contributed by atoms with Crippen molar-refractivity contribution in [3.05, 3.63) is 35.4 Å². The molecule has 0 spiro atoms. The highest BCUT2D eigenvalue weighted by Gasteiger charge is 2.33. The van der Waals surface area contributed by atoms with Crippen LogP contribution in [0.5, 0.6) is 0 Å². The Labute approximate surface area is 108 Å². The van der Waals surface area contributed by atoms with E-state index in [0.717, 1.165) is 17.4 Å². The molecule has 1 saturated carbocycles. The summed E-state index contributed by atoms with van der Waals surface area (Å²) in [5.74, 6) is 1.59. The number of nitriles is 1. The van der Waals surface area contributed by atoms with Crippen LogP contribution in [0.3, 0.4) is 0 Å². The van der Waals surface area contributed by atoms with Gasteiger partial charge in [-0.15, -0.1) is 0 Å². The van der Waals surface area contributed by atoms with E-state index >= 15 is 0 Å². The van der Waals surface area contributed by atoms with E-state index in [0.29, 0.717) is 18.2 Å². The summed E-state index contributed by atoms with van der Waals surface area (Å²) in [7, 11) is 1.78. The van der Waals surface area contributed by atoms with Crippen LogP contribution in [-0.2, 0) is 6.54 Å². The van der Waals surface area contributed by atoms with Gasteiger partial charge >= 0.3 is 0 Å². The Kier molecular flexibility index (Phi) is 3.83. The fraction of sp³-hybridized carbons (Fsp3) is 0.429. The summed E-state index contributed by atoms with van der Waals surface area (Å²) >= 11 is 0. The first-order valence-corrected chi connectivity index (χ1v) is 6.19. The molecule has 0 bridgehead atoms. The van der Waals surface area contributed by atoms with Crippen LogP contribution in [0.2, 0.25) is 0 Å². The molecule has 4 nitrogen and oxygen atoms in total. The number of rotatable bonds is 3. The van der Waals surface area contributed by atoms with E-state index in [2.05, 4.69) is 28.6 Å². The minimum Gasteiger partial charge on any atom is -0.353 e. The number of nitrogens with zero attached hydrogens (tertiary/aromatic N) is 2. The third kappa shape index (κ3) is 3.24. The Bertz CT molecular complexity index is 470. The van der Waals surface area contributed by atoms with Gasteiger partial charge in [-0.05, 0) is 30.0 Å². The smallest absolute Gasteiger partial charge is 0.191 e. The predicted molar refractivity (Wildman–Crippen MR) is 72.1 cm³/mol. The maximum Gasteiger partial charge on any atom is 0.191 e. The number of guanidine groups is 1. The molecular weight excluding hydrogens is 224 g/mol. The van der Waals surface area contributed by atoms with E-state index in [1.165, 1.54) is 6.42 Å². The zero-order valence-electron chi connectivity index (χ0n) is 10.8. The molecule has 2 atom stereocenters. The first-order chi connectivity index (χ1) is 8.72. The standard InChI is InChI=1S/C14H18N4/c1-10-7-13(10)18-14(16-2)17-9-12-5-3-11(8-15)4-6-12/h3-6,10,13H,7,9H2,1-2H3,(H2,16,17,18). The minimum atomic E-state index is 0.567. The van der Waals surface area contributed by atoms with Gasteiger partial charge in [-0.3, -0.25) is 4.99 Å². The maximum absolute atomic E-state index is 8.72. The van der Waals surface area contributed by atoms with Crippen LogP contribution in [0.4, 0.5) is 0 Å². The number of benzene rings is 1. The van der Waals surface area contributed by atoms with Gasteiger partial charge in [0.15, 0.2) is 5.96 Å². The molecule has 0 heterocycles. The lowest BCUT2D eigenvalue weighted by molar-refractivity contribution is 0.763. The Morgan fingerprint density at radius 1 is 1.44 bits per heavy atom. The average Bonchev–Trinajstić information content (AvgIpc) is 3.10. The van der Waals surface area contributed by atoms with Crippen LogP contribution in [0.15, 0.2) is 29.3 Å². The quantitative estimate of drug-likeness (QED) is 0.625. The lowest BCUT2D eigenvalue weighted by Crippen LogP contribution is -2.38. The second-order valence-corrected chi connectivity index (χ2v) is 4.70. The average molecular weight is 242 g/mol. The maximum atomic E-state index is 8.72. The van der Waals surface area contributed by atoms with Crippen molar-refractivity contribution < 1.29 is 0 Å². The topological polar surface area (TPSA) is 60.2 Å². The summed E-state index contributed by atoms with van der Waals surface area (Å²) in [6.45, 7) is 2.94. The van der Waals surface area contributed by atoms with Crippen molar-refractivity contribution >= 4 is 5.96 Å². The van der Waals surface area contributed by atoms with Gasteiger partial charge in [-0.1, -0.05) is 19.1 Å². The summed E-state index contributed by atoms with van der Waals surface area (Å²) in [6, 6.07) is 10.3. The molecular formula is C14H18N4. The summed E-state index contributed by atoms with van der Waals surface area (Å²) in [4.78, 5) is 4.19. The van der Waals surface area contributed by atoms with Crippen LogP contribution >= 0.6 is 0 Å². The van der Waals surface area contributed by atoms with E-state index in [1.807, 2.05) is 24.3 Å². The Morgan fingerprint density at radius 3 is 2.61 bits per heavy atom. The zero-order chi connectivity index (χ0) is 13.0. The molecule has 0 aromatic heterocycles. The van der Waals surface area contributed by atoms with E-state index in [-0.39, 0.29) is 0 Å². The lowest BCUT2D eigenvalue weighted by Gasteiger charge is -2.11. The Morgan fingerprint density at radius 2 is 2.11 bits per heavy atom. The second kappa shape index (κ2) is 5.54. The minimum absolute atomic E-state index is 0.567. The first kappa shape index (κ1) is 12.4. The summed E-state index contributed by atoms with van der Waals surface area (Å²) in [5.41, 5.74) is 1.83. The van der Waals surface area contributed by atoms with Gasteiger partial charge in [0.25, 0.3) is 0 Å². The molecule has 1 aromatic carbocycles. The van der Waals surface area contributed by atoms with Crippen molar-refractivity contribution in [1.82, 2.24) is 10.6 Å². The number of aliphatic imine (C=N–C) groups is 1.